The van der Waals surface area contributed by atoms with Crippen LogP contribution in [0.2, 0.25) is 0 Å². The number of aromatic nitrogens is 1. The molecule has 0 saturated carbocycles. The number of nitrogens with zero attached hydrogens (tertiary/aromatic N) is 3. The second kappa shape index (κ2) is 8.52. The number of piperidine rings is 1. The summed E-state index contributed by atoms with van der Waals surface area (Å²) in [6.45, 7) is 8.45. The summed E-state index contributed by atoms with van der Waals surface area (Å²) in [5.41, 5.74) is 3.61. The van der Waals surface area contributed by atoms with Crippen molar-refractivity contribution in [2.24, 2.45) is 0 Å². The third kappa shape index (κ3) is 3.49. The van der Waals surface area contributed by atoms with Crippen molar-refractivity contribution < 1.29 is 9.59 Å². The van der Waals surface area contributed by atoms with Gasteiger partial charge >= 0.3 is 0 Å². The van der Waals surface area contributed by atoms with Crippen LogP contribution in [-0.2, 0) is 11.3 Å². The highest BCUT2D eigenvalue weighted by Gasteiger charge is 2.57. The van der Waals surface area contributed by atoms with Crippen LogP contribution in [0, 0.1) is 0 Å². The van der Waals surface area contributed by atoms with E-state index < -0.39 is 5.54 Å². The zero-order chi connectivity index (χ0) is 24.2. The highest BCUT2D eigenvalue weighted by Crippen LogP contribution is 2.49. The molecule has 2 saturated heterocycles. The molecule has 3 aliphatic rings. The molecule has 0 radical (unpaired) electrons. The van der Waals surface area contributed by atoms with E-state index in [9.17, 15) is 9.59 Å². The number of para-hydroxylation sites is 1. The lowest BCUT2D eigenvalue weighted by molar-refractivity contribution is -0.142. The third-order valence-electron chi connectivity index (χ3n) is 8.46. The zero-order valence-electron chi connectivity index (χ0n) is 20.7. The first-order valence-electron chi connectivity index (χ1n) is 13.0. The second-order valence-electron chi connectivity index (χ2n) is 10.7. The molecule has 1 aromatic heterocycles. The molecule has 182 valence electrons. The van der Waals surface area contributed by atoms with Gasteiger partial charge in [-0.2, -0.15) is 0 Å². The van der Waals surface area contributed by atoms with E-state index in [1.54, 1.807) is 0 Å². The highest BCUT2D eigenvalue weighted by molar-refractivity contribution is 6.02. The van der Waals surface area contributed by atoms with Crippen LogP contribution in [0.25, 0.3) is 10.9 Å². The van der Waals surface area contributed by atoms with Crippen molar-refractivity contribution in [2.45, 2.75) is 57.2 Å². The molecule has 3 aliphatic heterocycles. The third-order valence-corrected chi connectivity index (χ3v) is 8.46. The quantitative estimate of drug-likeness (QED) is 0.616. The first-order valence-corrected chi connectivity index (χ1v) is 13.0. The Labute approximate surface area is 206 Å². The largest absolute Gasteiger partial charge is 0.361 e. The number of carbonyl (C=O) groups is 2. The molecule has 1 spiro atoms. The average molecular weight is 471 g/mol. The summed E-state index contributed by atoms with van der Waals surface area (Å²) in [7, 11) is 0. The Kier molecular flexibility index (Phi) is 5.44. The summed E-state index contributed by atoms with van der Waals surface area (Å²) in [6.07, 6.45) is 4.79. The van der Waals surface area contributed by atoms with Gasteiger partial charge in [0.15, 0.2) is 0 Å². The average Bonchev–Trinajstić information content (AvgIpc) is 3.22. The van der Waals surface area contributed by atoms with Gasteiger partial charge in [0.1, 0.15) is 0 Å². The van der Waals surface area contributed by atoms with E-state index in [0.29, 0.717) is 5.56 Å². The van der Waals surface area contributed by atoms with Crippen LogP contribution in [0.1, 0.15) is 60.5 Å². The fourth-order valence-electron chi connectivity index (χ4n) is 6.67. The molecule has 35 heavy (non-hydrogen) atoms. The molecule has 6 heteroatoms. The Bertz CT molecular complexity index is 1270. The van der Waals surface area contributed by atoms with Crippen molar-refractivity contribution in [1.82, 2.24) is 19.7 Å². The van der Waals surface area contributed by atoms with E-state index in [-0.39, 0.29) is 23.8 Å². The molecule has 2 amide bonds. The maximum absolute atomic E-state index is 13.9. The normalized spacial score (nSPS) is 22.0. The monoisotopic (exact) mass is 470 g/mol. The molecule has 2 aromatic carbocycles. The molecule has 1 atom stereocenters. The molecule has 3 aromatic rings. The summed E-state index contributed by atoms with van der Waals surface area (Å²) < 4.78 is 0. The number of hydrogen-bond donors (Lipinski definition) is 1. The maximum Gasteiger partial charge on any atom is 0.254 e. The minimum absolute atomic E-state index is 0.0303. The van der Waals surface area contributed by atoms with Crippen molar-refractivity contribution in [3.8, 4) is 0 Å². The number of carbonyl (C=O) groups excluding carboxylic acids is 2. The van der Waals surface area contributed by atoms with E-state index in [2.05, 4.69) is 59.1 Å². The van der Waals surface area contributed by atoms with Crippen molar-refractivity contribution >= 4 is 22.7 Å². The van der Waals surface area contributed by atoms with E-state index >= 15 is 0 Å². The minimum atomic E-state index is -0.483. The molecule has 0 aliphatic carbocycles. The predicted molar refractivity (Wildman–Crippen MR) is 137 cm³/mol. The van der Waals surface area contributed by atoms with Gasteiger partial charge in [0.05, 0.1) is 11.5 Å². The van der Waals surface area contributed by atoms with E-state index in [0.717, 1.165) is 63.1 Å². The first-order chi connectivity index (χ1) is 17.0. The summed E-state index contributed by atoms with van der Waals surface area (Å²) in [5, 5.41) is 1.27. The Morgan fingerprint density at radius 2 is 1.74 bits per heavy atom. The number of likely N-dealkylation sites (tertiary alicyclic amines) is 2. The van der Waals surface area contributed by atoms with E-state index in [1.165, 1.54) is 10.9 Å². The number of rotatable bonds is 4. The first kappa shape index (κ1) is 22.4. The van der Waals surface area contributed by atoms with Gasteiger partial charge < -0.3 is 14.8 Å². The molecular formula is C29H34N4O2. The van der Waals surface area contributed by atoms with Gasteiger partial charge in [0.2, 0.25) is 5.91 Å². The van der Waals surface area contributed by atoms with Gasteiger partial charge in [0.25, 0.3) is 5.91 Å². The van der Waals surface area contributed by atoms with Gasteiger partial charge in [-0.1, -0.05) is 36.4 Å². The van der Waals surface area contributed by atoms with Gasteiger partial charge in [0, 0.05) is 61.4 Å². The van der Waals surface area contributed by atoms with Gasteiger partial charge in [-0.25, -0.2) is 0 Å². The van der Waals surface area contributed by atoms with Crippen LogP contribution in [0.4, 0.5) is 0 Å². The lowest BCUT2D eigenvalue weighted by Gasteiger charge is -2.57. The van der Waals surface area contributed by atoms with Crippen LogP contribution in [0.3, 0.4) is 0 Å². The summed E-state index contributed by atoms with van der Waals surface area (Å²) in [5.74, 6) is -0.0189. The smallest absolute Gasteiger partial charge is 0.254 e. The molecule has 6 rings (SSSR count). The van der Waals surface area contributed by atoms with Gasteiger partial charge in [-0.3, -0.25) is 14.5 Å². The summed E-state index contributed by atoms with van der Waals surface area (Å²) >= 11 is 0. The number of nitrogens with one attached hydrogen (secondary N) is 1. The molecule has 4 heterocycles. The lowest BCUT2D eigenvalue weighted by Crippen LogP contribution is -2.67. The summed E-state index contributed by atoms with van der Waals surface area (Å²) in [6, 6.07) is 16.3. The molecule has 2 fully saturated rings. The molecular weight excluding hydrogens is 436 g/mol. The standard InChI is InChI=1S/C29H34N4O2/c1-20(2)33-27(34)24-10-4-3-9-23(24)26(28(35)32-14-7-15-32)29(33)12-16-31(17-13-29)19-21-18-30-25-11-6-5-8-22(21)25/h3-6,8-11,18,20,26,30H,7,12-17,19H2,1-2H3. The van der Waals surface area contributed by atoms with E-state index in [4.69, 9.17) is 0 Å². The number of H-pyrrole nitrogens is 1. The highest BCUT2D eigenvalue weighted by atomic mass is 16.2. The predicted octanol–water partition coefficient (Wildman–Crippen LogP) is 4.38. The lowest BCUT2D eigenvalue weighted by atomic mass is 9.66. The van der Waals surface area contributed by atoms with Crippen molar-refractivity contribution in [1.29, 1.82) is 0 Å². The summed E-state index contributed by atoms with van der Waals surface area (Å²) in [4.78, 5) is 37.7. The Morgan fingerprint density at radius 1 is 1.03 bits per heavy atom. The number of fused-ring (bicyclic) bond motifs is 2. The van der Waals surface area contributed by atoms with Crippen LogP contribution in [-0.4, -0.2) is 69.3 Å². The fraction of sp³-hybridized carbons (Fsp3) is 0.448. The Hall–Kier alpha value is -3.12. The molecule has 1 unspecified atom stereocenters. The number of benzene rings is 2. The Balaban J connectivity index is 1.34. The number of amides is 2. The van der Waals surface area contributed by atoms with Crippen LogP contribution in [0.15, 0.2) is 54.7 Å². The van der Waals surface area contributed by atoms with Gasteiger partial charge in [-0.05, 0) is 56.4 Å². The van der Waals surface area contributed by atoms with Crippen molar-refractivity contribution in [3.63, 3.8) is 0 Å². The Morgan fingerprint density at radius 3 is 2.46 bits per heavy atom. The molecule has 1 N–H and O–H groups in total. The molecule has 0 bridgehead atoms. The van der Waals surface area contributed by atoms with Crippen LogP contribution < -0.4 is 0 Å². The fourth-order valence-corrected chi connectivity index (χ4v) is 6.67. The van der Waals surface area contributed by atoms with Gasteiger partial charge in [-0.15, -0.1) is 0 Å². The topological polar surface area (TPSA) is 59.7 Å². The minimum Gasteiger partial charge on any atom is -0.361 e. The van der Waals surface area contributed by atoms with Crippen LogP contribution >= 0.6 is 0 Å². The number of aromatic amines is 1. The zero-order valence-corrected chi connectivity index (χ0v) is 20.7. The van der Waals surface area contributed by atoms with Crippen molar-refractivity contribution in [3.05, 3.63) is 71.4 Å². The SMILES string of the molecule is CC(C)N1C(=O)c2ccccc2C(C(=O)N2CCC2)C12CCN(Cc1c[nH]c3ccccc13)CC2. The second-order valence-corrected chi connectivity index (χ2v) is 10.7. The number of hydrogen-bond acceptors (Lipinski definition) is 3. The van der Waals surface area contributed by atoms with Crippen LogP contribution in [0.5, 0.6) is 0 Å². The maximum atomic E-state index is 13.9. The van der Waals surface area contributed by atoms with E-state index in [1.807, 2.05) is 29.2 Å². The molecule has 6 nitrogen and oxygen atoms in total. The van der Waals surface area contributed by atoms with Crippen molar-refractivity contribution in [2.75, 3.05) is 26.2 Å².